The molecule has 2 rings (SSSR count). The second kappa shape index (κ2) is 11.6. The van der Waals surface area contributed by atoms with Crippen molar-refractivity contribution in [1.82, 2.24) is 10.2 Å². The molecule has 0 radical (unpaired) electrons. The lowest BCUT2D eigenvalue weighted by atomic mass is 10.1. The van der Waals surface area contributed by atoms with E-state index in [4.69, 9.17) is 27.9 Å². The van der Waals surface area contributed by atoms with E-state index in [-0.39, 0.29) is 23.0 Å². The third-order valence-corrected chi connectivity index (χ3v) is 6.80. The monoisotopic (exact) mass is 546 g/mol. The summed E-state index contributed by atoms with van der Waals surface area (Å²) in [5.74, 6) is -1.26. The fourth-order valence-corrected chi connectivity index (χ4v) is 4.52. The molecule has 0 heterocycles. The number of anilines is 1. The Morgan fingerprint density at radius 1 is 1.20 bits per heavy atom. The number of ether oxygens (including phenoxy) is 1. The number of benzene rings is 2. The Labute approximate surface area is 212 Å². The van der Waals surface area contributed by atoms with E-state index in [1.165, 1.54) is 33.2 Å². The number of carbonyl (C=O) groups excluding carboxylic acids is 2. The number of likely N-dealkylation sites (N-methyl/N-ethyl adjacent to an activating group) is 1. The fourth-order valence-electron chi connectivity index (χ4n) is 3.21. The molecule has 2 amide bonds. The van der Waals surface area contributed by atoms with E-state index in [0.29, 0.717) is 14.9 Å². The average molecular weight is 547 g/mol. The Morgan fingerprint density at radius 3 is 2.37 bits per heavy atom. The molecule has 0 saturated carbocycles. The molecule has 2 aromatic carbocycles. The van der Waals surface area contributed by atoms with Crippen LogP contribution in [0, 0.1) is 10.1 Å². The molecule has 0 bridgehead atoms. The van der Waals surface area contributed by atoms with Gasteiger partial charge in [0.15, 0.2) is 0 Å². The van der Waals surface area contributed by atoms with Gasteiger partial charge < -0.3 is 15.0 Å². The molecule has 0 aliphatic rings. The van der Waals surface area contributed by atoms with Crippen LogP contribution in [-0.2, 0) is 26.2 Å². The first kappa shape index (κ1) is 28.1. The van der Waals surface area contributed by atoms with Crippen molar-refractivity contribution >= 4 is 56.4 Å². The number of amides is 2. The molecule has 0 aliphatic carbocycles. The summed E-state index contributed by atoms with van der Waals surface area (Å²) in [6.07, 6.45) is 0.848. The van der Waals surface area contributed by atoms with E-state index >= 15 is 0 Å². The maximum absolute atomic E-state index is 13.4. The smallest absolute Gasteiger partial charge is 0.271 e. The lowest BCUT2D eigenvalue weighted by Crippen LogP contribution is -2.50. The summed E-state index contributed by atoms with van der Waals surface area (Å²) in [4.78, 5) is 37.5. The lowest BCUT2D eigenvalue weighted by molar-refractivity contribution is -0.384. The number of carbonyl (C=O) groups is 2. The minimum absolute atomic E-state index is 0.000436. The summed E-state index contributed by atoms with van der Waals surface area (Å²) in [5, 5.41) is 14.3. The number of hydrogen-bond donors (Lipinski definition) is 1. The van der Waals surface area contributed by atoms with Crippen molar-refractivity contribution in [1.29, 1.82) is 0 Å². The molecule has 11 nitrogen and oxygen atoms in total. The maximum Gasteiger partial charge on any atom is 0.271 e. The molecule has 1 N–H and O–H groups in total. The second-order valence-corrected chi connectivity index (χ2v) is 10.2. The van der Waals surface area contributed by atoms with Gasteiger partial charge in [0.25, 0.3) is 5.69 Å². The van der Waals surface area contributed by atoms with Gasteiger partial charge in [0.1, 0.15) is 24.0 Å². The topological polar surface area (TPSA) is 139 Å². The summed E-state index contributed by atoms with van der Waals surface area (Å²) in [6.45, 7) is 0.579. The summed E-state index contributed by atoms with van der Waals surface area (Å²) >= 11 is 12.2. The third kappa shape index (κ3) is 6.96. The molecule has 0 aliphatic heterocycles. The van der Waals surface area contributed by atoms with Crippen molar-refractivity contribution in [2.75, 3.05) is 31.3 Å². The van der Waals surface area contributed by atoms with Crippen LogP contribution >= 0.6 is 23.2 Å². The quantitative estimate of drug-likeness (QED) is 0.357. The Hall–Kier alpha value is -3.09. The average Bonchev–Trinajstić information content (AvgIpc) is 2.79. The van der Waals surface area contributed by atoms with Crippen LogP contribution in [0.2, 0.25) is 10.0 Å². The Morgan fingerprint density at radius 2 is 1.86 bits per heavy atom. The van der Waals surface area contributed by atoms with Gasteiger partial charge in [-0.2, -0.15) is 0 Å². The number of sulfonamides is 1. The zero-order valence-electron chi connectivity index (χ0n) is 19.3. The molecular formula is C21H24Cl2N4O7S. The van der Waals surface area contributed by atoms with Crippen molar-refractivity contribution in [3.63, 3.8) is 0 Å². The predicted octanol–water partition coefficient (Wildman–Crippen LogP) is 2.84. The van der Waals surface area contributed by atoms with E-state index in [9.17, 15) is 28.1 Å². The standard InChI is InChI=1S/C21H24Cl2N4O7S/c1-13(21(29)24-2)25(11-14-5-6-15(22)9-17(14)23)20(28)12-26(35(4,32)33)18-10-16(27(30)31)7-8-19(18)34-3/h5-10,13H,11-12H2,1-4H3,(H,24,29). The SMILES string of the molecule is CNC(=O)C(C)N(Cc1ccc(Cl)cc1Cl)C(=O)CN(c1cc([N+](=O)[O-])ccc1OC)S(C)(=O)=O. The molecule has 0 spiro atoms. The zero-order chi connectivity index (χ0) is 26.5. The van der Waals surface area contributed by atoms with Crippen LogP contribution in [0.1, 0.15) is 12.5 Å². The van der Waals surface area contributed by atoms with Gasteiger partial charge in [-0.1, -0.05) is 29.3 Å². The summed E-state index contributed by atoms with van der Waals surface area (Å²) in [6, 6.07) is 6.99. The van der Waals surface area contributed by atoms with Crippen molar-refractivity contribution < 1.29 is 27.7 Å². The number of methoxy groups -OCH3 is 1. The summed E-state index contributed by atoms with van der Waals surface area (Å²) in [5.41, 5.74) is -0.126. The minimum Gasteiger partial charge on any atom is -0.495 e. The van der Waals surface area contributed by atoms with Crippen LogP contribution in [0.4, 0.5) is 11.4 Å². The molecular weight excluding hydrogens is 523 g/mol. The number of non-ortho nitro benzene ring substituents is 1. The molecule has 190 valence electrons. The number of hydrogen-bond acceptors (Lipinski definition) is 7. The zero-order valence-corrected chi connectivity index (χ0v) is 21.6. The van der Waals surface area contributed by atoms with Gasteiger partial charge in [0.2, 0.25) is 21.8 Å². The highest BCUT2D eigenvalue weighted by atomic mass is 35.5. The number of nitro benzene ring substituents is 1. The van der Waals surface area contributed by atoms with Crippen molar-refractivity contribution in [2.45, 2.75) is 19.5 Å². The molecule has 1 unspecified atom stereocenters. The van der Waals surface area contributed by atoms with Crippen LogP contribution in [-0.4, -0.2) is 63.1 Å². The number of nitrogens with one attached hydrogen (secondary N) is 1. The molecule has 1 atom stereocenters. The molecule has 0 aromatic heterocycles. The van der Waals surface area contributed by atoms with Gasteiger partial charge in [-0.05, 0) is 30.7 Å². The number of rotatable bonds is 10. The van der Waals surface area contributed by atoms with Crippen molar-refractivity contribution in [3.05, 3.63) is 62.1 Å². The van der Waals surface area contributed by atoms with E-state index < -0.39 is 45.0 Å². The first-order chi connectivity index (χ1) is 16.3. The molecule has 0 saturated heterocycles. The normalized spacial score (nSPS) is 11.9. The molecule has 35 heavy (non-hydrogen) atoms. The Kier molecular flexibility index (Phi) is 9.30. The highest BCUT2D eigenvalue weighted by Gasteiger charge is 2.32. The highest BCUT2D eigenvalue weighted by molar-refractivity contribution is 7.92. The van der Waals surface area contributed by atoms with Gasteiger partial charge in [-0.15, -0.1) is 0 Å². The Bertz CT molecular complexity index is 1240. The van der Waals surface area contributed by atoms with Gasteiger partial charge in [0, 0.05) is 35.8 Å². The van der Waals surface area contributed by atoms with E-state index in [0.717, 1.165) is 23.3 Å². The largest absolute Gasteiger partial charge is 0.495 e. The number of nitro groups is 1. The first-order valence-corrected chi connectivity index (χ1v) is 12.7. The molecule has 0 fully saturated rings. The Balaban J connectivity index is 2.54. The fraction of sp³-hybridized carbons (Fsp3) is 0.333. The van der Waals surface area contributed by atoms with Gasteiger partial charge in [0.05, 0.1) is 18.3 Å². The summed E-state index contributed by atoms with van der Waals surface area (Å²) in [7, 11) is -1.46. The van der Waals surface area contributed by atoms with E-state index in [2.05, 4.69) is 5.32 Å². The van der Waals surface area contributed by atoms with E-state index in [1.807, 2.05) is 0 Å². The predicted molar refractivity (Wildman–Crippen MR) is 132 cm³/mol. The van der Waals surface area contributed by atoms with Crippen LogP contribution in [0.15, 0.2) is 36.4 Å². The van der Waals surface area contributed by atoms with Crippen LogP contribution in [0.3, 0.4) is 0 Å². The van der Waals surface area contributed by atoms with Crippen LogP contribution < -0.4 is 14.4 Å². The highest BCUT2D eigenvalue weighted by Crippen LogP contribution is 2.34. The maximum atomic E-state index is 13.4. The van der Waals surface area contributed by atoms with Crippen LogP contribution in [0.25, 0.3) is 0 Å². The van der Waals surface area contributed by atoms with Gasteiger partial charge in [-0.3, -0.25) is 24.0 Å². The van der Waals surface area contributed by atoms with Crippen molar-refractivity contribution in [3.8, 4) is 5.75 Å². The number of halogens is 2. The lowest BCUT2D eigenvalue weighted by Gasteiger charge is -2.31. The number of nitrogens with zero attached hydrogens (tertiary/aromatic N) is 3. The first-order valence-electron chi connectivity index (χ1n) is 10.0. The third-order valence-electron chi connectivity index (χ3n) is 5.09. The molecule has 2 aromatic rings. The summed E-state index contributed by atoms with van der Waals surface area (Å²) < 4.78 is 31.2. The minimum atomic E-state index is -4.12. The van der Waals surface area contributed by atoms with Gasteiger partial charge >= 0.3 is 0 Å². The van der Waals surface area contributed by atoms with Crippen LogP contribution in [0.5, 0.6) is 5.75 Å². The van der Waals surface area contributed by atoms with Gasteiger partial charge in [-0.25, -0.2) is 8.42 Å². The molecule has 14 heteroatoms. The second-order valence-electron chi connectivity index (χ2n) is 7.43. The van der Waals surface area contributed by atoms with E-state index in [1.54, 1.807) is 12.1 Å². The van der Waals surface area contributed by atoms with Crippen molar-refractivity contribution in [2.24, 2.45) is 0 Å².